The molecule has 0 spiro atoms. The summed E-state index contributed by atoms with van der Waals surface area (Å²) in [5, 5.41) is 0. The summed E-state index contributed by atoms with van der Waals surface area (Å²) < 4.78 is 69.5. The number of hydrogen-bond donors (Lipinski definition) is 0. The first-order valence-electron chi connectivity index (χ1n) is 35.1. The molecule has 510 valence electrons. The summed E-state index contributed by atoms with van der Waals surface area (Å²) in [7, 11) is 0. The van der Waals surface area contributed by atoms with Gasteiger partial charge in [0.15, 0.2) is 0 Å². The predicted octanol–water partition coefficient (Wildman–Crippen LogP) is 29.6. The van der Waals surface area contributed by atoms with Gasteiger partial charge in [-0.05, 0) is 187 Å². The zero-order valence-corrected chi connectivity index (χ0v) is 64.8. The maximum absolute atomic E-state index is 15.6. The van der Waals surface area contributed by atoms with Crippen LogP contribution in [0.5, 0.6) is 0 Å². The van der Waals surface area contributed by atoms with Crippen molar-refractivity contribution in [2.45, 2.75) is 426 Å². The Bertz CT molecular complexity index is 1420. The van der Waals surface area contributed by atoms with Crippen LogP contribution in [0.15, 0.2) is 0 Å². The van der Waals surface area contributed by atoms with Gasteiger partial charge < -0.3 is 0 Å². The van der Waals surface area contributed by atoms with E-state index in [0.717, 1.165) is 115 Å². The van der Waals surface area contributed by atoms with Crippen LogP contribution in [0.4, 0.5) is 22.0 Å². The molecule has 83 heavy (non-hydrogen) atoms. The lowest BCUT2D eigenvalue weighted by Gasteiger charge is -2.51. The average molecular weight is 1200 g/mol. The van der Waals surface area contributed by atoms with E-state index in [-0.39, 0.29) is 22.7 Å². The lowest BCUT2D eigenvalue weighted by Crippen LogP contribution is -2.51. The van der Waals surface area contributed by atoms with Crippen molar-refractivity contribution in [1.82, 2.24) is 0 Å². The summed E-state index contributed by atoms with van der Waals surface area (Å²) in [6.07, 6.45) is 20.9. The molecule has 3 aliphatic rings. The van der Waals surface area contributed by atoms with Gasteiger partial charge in [0.05, 0.1) is 0 Å². The number of halogens is 5. The van der Waals surface area contributed by atoms with Crippen LogP contribution in [0.25, 0.3) is 0 Å². The van der Waals surface area contributed by atoms with Crippen LogP contribution in [0.3, 0.4) is 0 Å². The number of rotatable bonds is 14. The van der Waals surface area contributed by atoms with Gasteiger partial charge in [0.2, 0.25) is 0 Å². The molecule has 5 heteroatoms. The molecule has 0 radical (unpaired) electrons. The average Bonchev–Trinajstić information content (AvgIpc) is 3.72. The number of alkyl halides is 5. The molecule has 3 rings (SSSR count). The molecule has 0 aliphatic heterocycles. The first-order valence-corrected chi connectivity index (χ1v) is 35.1. The molecule has 0 N–H and O–H groups in total. The van der Waals surface area contributed by atoms with Gasteiger partial charge in [-0.3, -0.25) is 0 Å². The predicted molar refractivity (Wildman–Crippen MR) is 373 cm³/mol. The maximum atomic E-state index is 15.6. The van der Waals surface area contributed by atoms with Crippen LogP contribution in [0.1, 0.15) is 398 Å². The van der Waals surface area contributed by atoms with E-state index in [4.69, 9.17) is 0 Å². The lowest BCUT2D eigenvalue weighted by molar-refractivity contribution is -0.0946. The fourth-order valence-electron chi connectivity index (χ4n) is 11.6. The third-order valence-electron chi connectivity index (χ3n) is 20.1. The zero-order chi connectivity index (χ0) is 67.9. The molecule has 0 heterocycles. The Balaban J connectivity index is -0.000000207. The summed E-state index contributed by atoms with van der Waals surface area (Å²) >= 11 is 0. The molecule has 0 aromatic carbocycles. The molecule has 3 aliphatic carbocycles. The molecule has 0 amide bonds. The van der Waals surface area contributed by atoms with Crippen LogP contribution in [0, 0.1) is 79.3 Å². The van der Waals surface area contributed by atoms with E-state index in [1.165, 1.54) is 25.7 Å². The summed E-state index contributed by atoms with van der Waals surface area (Å²) in [6, 6.07) is 0. The maximum Gasteiger partial charge on any atom is 0.118 e. The van der Waals surface area contributed by atoms with Gasteiger partial charge in [-0.15, -0.1) is 0 Å². The van der Waals surface area contributed by atoms with Crippen LogP contribution in [-0.2, 0) is 0 Å². The Morgan fingerprint density at radius 3 is 0.771 bits per heavy atom. The third-order valence-corrected chi connectivity index (χ3v) is 20.1. The summed E-state index contributed by atoms with van der Waals surface area (Å²) in [5.41, 5.74) is -2.57. The van der Waals surface area contributed by atoms with E-state index >= 15 is 8.78 Å². The van der Waals surface area contributed by atoms with Crippen LogP contribution < -0.4 is 0 Å². The largest absolute Gasteiger partial charge is 0.244 e. The van der Waals surface area contributed by atoms with Crippen LogP contribution in [-0.4, -0.2) is 28.3 Å². The molecule has 2 unspecified atom stereocenters. The van der Waals surface area contributed by atoms with Crippen molar-refractivity contribution in [3.63, 3.8) is 0 Å². The fourth-order valence-corrected chi connectivity index (χ4v) is 11.6. The van der Waals surface area contributed by atoms with Gasteiger partial charge in [0.25, 0.3) is 0 Å². The Hall–Kier alpha value is -0.350. The third kappa shape index (κ3) is 46.4. The summed E-state index contributed by atoms with van der Waals surface area (Å²) in [6.45, 7) is 81.3. The van der Waals surface area contributed by atoms with Crippen molar-refractivity contribution in [2.24, 2.45) is 79.3 Å². The van der Waals surface area contributed by atoms with Gasteiger partial charge in [-0.2, -0.15) is 0 Å². The van der Waals surface area contributed by atoms with E-state index in [1.54, 1.807) is 20.8 Å². The van der Waals surface area contributed by atoms with E-state index in [2.05, 4.69) is 228 Å². The Morgan fingerprint density at radius 1 is 0.373 bits per heavy atom. The van der Waals surface area contributed by atoms with Gasteiger partial charge in [-0.1, -0.05) is 280 Å². The SMILES string of the molecule is CC(C)(C)C.CC(C)C(C)(C)C.CC1(C)CCC(C)(F)CC1.CC1(F)CCCC1.CC1(F)CCCCC1.CCC(C)(C)C.CCC(C)(CC)C(C)(F)C(C)(CC)CC.CCC(C)C(C(C)C)[C@@](C)(F)C(C(C)C)C(C)C.CCCC(C)(C)C. The summed E-state index contributed by atoms with van der Waals surface area (Å²) in [4.78, 5) is 0. The molecule has 3 saturated carbocycles. The van der Waals surface area contributed by atoms with Crippen molar-refractivity contribution in [1.29, 1.82) is 0 Å². The second kappa shape index (κ2) is 41.1. The topological polar surface area (TPSA) is 0 Å². The summed E-state index contributed by atoms with van der Waals surface area (Å²) in [5.74, 6) is 2.72. The monoisotopic (exact) mass is 1200 g/mol. The highest BCUT2D eigenvalue weighted by molar-refractivity contribution is 5.02. The molecule has 0 aromatic heterocycles. The minimum absolute atomic E-state index is 0.138. The minimum Gasteiger partial charge on any atom is -0.244 e. The van der Waals surface area contributed by atoms with Gasteiger partial charge in [0, 0.05) is 10.8 Å². The first kappa shape index (κ1) is 93.8. The molecular formula is C78H163F5. The van der Waals surface area contributed by atoms with Crippen molar-refractivity contribution in [3.05, 3.63) is 0 Å². The Morgan fingerprint density at radius 2 is 0.627 bits per heavy atom. The quantitative estimate of drug-likeness (QED) is 0.152. The van der Waals surface area contributed by atoms with Crippen molar-refractivity contribution >= 4 is 0 Å². The molecule has 0 aromatic rings. The highest BCUT2D eigenvalue weighted by Gasteiger charge is 2.53. The van der Waals surface area contributed by atoms with E-state index < -0.39 is 28.3 Å². The molecule has 0 nitrogen and oxygen atoms in total. The molecule has 3 atom stereocenters. The second-order valence-electron chi connectivity index (χ2n) is 35.8. The smallest absolute Gasteiger partial charge is 0.118 e. The zero-order valence-electron chi connectivity index (χ0n) is 64.8. The van der Waals surface area contributed by atoms with Crippen LogP contribution in [0.2, 0.25) is 0 Å². The van der Waals surface area contributed by atoms with Gasteiger partial charge >= 0.3 is 0 Å². The van der Waals surface area contributed by atoms with Crippen molar-refractivity contribution in [3.8, 4) is 0 Å². The van der Waals surface area contributed by atoms with Crippen molar-refractivity contribution < 1.29 is 22.0 Å². The first-order chi connectivity index (χ1) is 36.7. The van der Waals surface area contributed by atoms with E-state index in [0.29, 0.717) is 50.7 Å². The normalized spacial score (nSPS) is 19.2. The second-order valence-corrected chi connectivity index (χ2v) is 35.8. The Kier molecular flexibility index (Phi) is 46.5. The van der Waals surface area contributed by atoms with Gasteiger partial charge in [-0.25, -0.2) is 22.0 Å². The highest BCUT2D eigenvalue weighted by Crippen LogP contribution is 2.54. The Labute approximate surface area is 525 Å². The number of hydrogen-bond acceptors (Lipinski definition) is 0. The van der Waals surface area contributed by atoms with E-state index in [9.17, 15) is 13.2 Å². The molecular weight excluding hydrogens is 1030 g/mol. The molecule has 3 fully saturated rings. The highest BCUT2D eigenvalue weighted by atomic mass is 19.2. The fraction of sp³-hybridized carbons (Fsp3) is 1.00. The van der Waals surface area contributed by atoms with Crippen molar-refractivity contribution in [2.75, 3.05) is 0 Å². The van der Waals surface area contributed by atoms with Gasteiger partial charge in [0.1, 0.15) is 28.3 Å². The standard InChI is InChI=1S/C17H35F.C14H29F.C9H17F.C7H13F.2C7H16.C6H11F.C6H14.C5H12/c1-10-14(8)16(13(6)7)17(9,18)15(11(2)3)12(4)5;1-8-12(5,9-2)14(7,15)13(6,10-3)11-4;1-8(2)4-6-9(3,10)7-5-8;1-7(8)5-3-2-4-6-7;1-6(2)7(3,4)5;1-5-6-7(2,3)4;1-6(7)4-2-3-5-6;1-5-6(2,3)4;1-5(2,3)4/h11-16H,10H2,1-9H3;8-11H2,1-7H3;4-7H2,1-3H3;2-6H2,1H3;6H,1-5H3;5-6H2,1-4H3;2-5H2,1H3;5H2,1-4H3;1-4H3/t14?,16?,17-;;;;;;;;/m0......../s1. The minimum atomic E-state index is -1.09. The lowest BCUT2D eigenvalue weighted by atomic mass is 9.57. The molecule has 0 bridgehead atoms. The van der Waals surface area contributed by atoms with Crippen LogP contribution >= 0.6 is 0 Å². The molecule has 0 saturated heterocycles. The van der Waals surface area contributed by atoms with E-state index in [1.807, 2.05) is 13.8 Å².